The van der Waals surface area contributed by atoms with Gasteiger partial charge in [0, 0.05) is 5.38 Å². The smallest absolute Gasteiger partial charge is 0.362 e. The van der Waals surface area contributed by atoms with E-state index < -0.39 is 11.5 Å². The van der Waals surface area contributed by atoms with Gasteiger partial charge in [0.25, 0.3) is 0 Å². The van der Waals surface area contributed by atoms with E-state index in [2.05, 4.69) is 51.9 Å². The van der Waals surface area contributed by atoms with Crippen LogP contribution < -0.4 is 5.32 Å². The molecule has 4 aromatic rings. The Morgan fingerprint density at radius 3 is 1.76 bits per heavy atom. The van der Waals surface area contributed by atoms with Crippen LogP contribution in [0.15, 0.2) is 102 Å². The summed E-state index contributed by atoms with van der Waals surface area (Å²) in [5, 5.41) is 9.86. The second kappa shape index (κ2) is 10.1. The van der Waals surface area contributed by atoms with E-state index in [0.29, 0.717) is 10.8 Å². The van der Waals surface area contributed by atoms with Crippen LogP contribution in [0.3, 0.4) is 0 Å². The Bertz CT molecular complexity index is 1130. The summed E-state index contributed by atoms with van der Waals surface area (Å²) in [7, 11) is 2.67. The number of anilines is 1. The van der Waals surface area contributed by atoms with Crippen molar-refractivity contribution in [1.82, 2.24) is 4.98 Å². The number of carbonyl (C=O) groups is 1. The van der Waals surface area contributed by atoms with Crippen LogP contribution in [-0.2, 0) is 19.9 Å². The standard InChI is InChI=1S/C26H23N3O3S/c1-31-24(30)23(29-32-2)22-18-33-25(27-22)28-26(19-12-6-3-7-13-19,20-14-8-4-9-15-20)21-16-10-5-11-17-21/h3-18H,1-2H3,(H,27,28). The van der Waals surface area contributed by atoms with Crippen molar-refractivity contribution in [1.29, 1.82) is 0 Å². The van der Waals surface area contributed by atoms with Gasteiger partial charge in [-0.25, -0.2) is 9.78 Å². The lowest BCUT2D eigenvalue weighted by Gasteiger charge is -2.36. The predicted molar refractivity (Wildman–Crippen MR) is 131 cm³/mol. The van der Waals surface area contributed by atoms with Crippen molar-refractivity contribution in [3.05, 3.63) is 119 Å². The number of esters is 1. The van der Waals surface area contributed by atoms with Crippen LogP contribution >= 0.6 is 11.3 Å². The molecule has 4 rings (SSSR count). The number of carbonyl (C=O) groups excluding carboxylic acids is 1. The number of oxime groups is 1. The summed E-state index contributed by atoms with van der Waals surface area (Å²) in [4.78, 5) is 21.7. The van der Waals surface area contributed by atoms with Gasteiger partial charge in [0.2, 0.25) is 5.71 Å². The minimum atomic E-state index is -0.720. The summed E-state index contributed by atoms with van der Waals surface area (Å²) in [6.45, 7) is 0. The molecule has 6 nitrogen and oxygen atoms in total. The average molecular weight is 458 g/mol. The second-order valence-electron chi connectivity index (χ2n) is 7.13. The Kier molecular flexibility index (Phi) is 6.80. The minimum absolute atomic E-state index is 0.00836. The third-order valence-corrected chi connectivity index (χ3v) is 5.98. The van der Waals surface area contributed by atoms with E-state index in [1.807, 2.05) is 54.6 Å². The molecule has 1 aromatic heterocycles. The van der Waals surface area contributed by atoms with E-state index in [0.717, 1.165) is 16.7 Å². The summed E-state index contributed by atoms with van der Waals surface area (Å²) >= 11 is 1.38. The molecule has 0 aliphatic rings. The van der Waals surface area contributed by atoms with Crippen LogP contribution in [0.25, 0.3) is 0 Å². The molecule has 0 radical (unpaired) electrons. The van der Waals surface area contributed by atoms with Crippen LogP contribution in [0.4, 0.5) is 5.13 Å². The summed E-state index contributed by atoms with van der Waals surface area (Å²) < 4.78 is 4.83. The zero-order valence-electron chi connectivity index (χ0n) is 18.3. The maximum absolute atomic E-state index is 12.2. The van der Waals surface area contributed by atoms with Gasteiger partial charge in [0.1, 0.15) is 18.3 Å². The molecule has 33 heavy (non-hydrogen) atoms. The van der Waals surface area contributed by atoms with E-state index >= 15 is 0 Å². The first kappa shape index (κ1) is 22.2. The number of nitrogens with zero attached hydrogens (tertiary/aromatic N) is 2. The fourth-order valence-electron chi connectivity index (χ4n) is 3.76. The number of ether oxygens (including phenoxy) is 1. The third kappa shape index (κ3) is 4.49. The Morgan fingerprint density at radius 2 is 1.33 bits per heavy atom. The summed E-state index contributed by atoms with van der Waals surface area (Å²) in [5.41, 5.74) is 2.82. The molecular formula is C26H23N3O3S. The van der Waals surface area contributed by atoms with Gasteiger partial charge < -0.3 is 14.9 Å². The number of hydrogen-bond donors (Lipinski definition) is 1. The maximum atomic E-state index is 12.2. The van der Waals surface area contributed by atoms with Crippen LogP contribution in [0, 0.1) is 0 Å². The molecule has 0 saturated heterocycles. The first-order chi connectivity index (χ1) is 16.2. The average Bonchev–Trinajstić information content (AvgIpc) is 3.35. The van der Waals surface area contributed by atoms with Crippen molar-refractivity contribution in [2.45, 2.75) is 5.54 Å². The van der Waals surface area contributed by atoms with Gasteiger partial charge in [-0.2, -0.15) is 0 Å². The fourth-order valence-corrected chi connectivity index (χ4v) is 4.51. The van der Waals surface area contributed by atoms with Gasteiger partial charge in [0.15, 0.2) is 5.13 Å². The molecule has 0 bridgehead atoms. The van der Waals surface area contributed by atoms with E-state index in [9.17, 15) is 4.79 Å². The number of benzene rings is 3. The van der Waals surface area contributed by atoms with Crippen molar-refractivity contribution in [3.8, 4) is 0 Å². The number of nitrogens with one attached hydrogen (secondary N) is 1. The molecule has 0 fully saturated rings. The van der Waals surface area contributed by atoms with Gasteiger partial charge in [-0.05, 0) is 16.7 Å². The molecule has 7 heteroatoms. The topological polar surface area (TPSA) is 72.8 Å². The zero-order valence-corrected chi connectivity index (χ0v) is 19.1. The van der Waals surface area contributed by atoms with Gasteiger partial charge in [-0.3, -0.25) is 0 Å². The lowest BCUT2D eigenvalue weighted by molar-refractivity contribution is -0.132. The van der Waals surface area contributed by atoms with Crippen LogP contribution in [-0.4, -0.2) is 30.9 Å². The first-order valence-corrected chi connectivity index (χ1v) is 11.2. The van der Waals surface area contributed by atoms with Gasteiger partial charge >= 0.3 is 5.97 Å². The SMILES string of the molecule is CON=C(C(=O)OC)c1csc(NC(c2ccccc2)(c2ccccc2)c2ccccc2)n1. The van der Waals surface area contributed by atoms with Crippen molar-refractivity contribution in [2.75, 3.05) is 19.5 Å². The summed E-state index contributed by atoms with van der Waals surface area (Å²) in [5.74, 6) is -0.617. The van der Waals surface area contributed by atoms with Crippen LogP contribution in [0.1, 0.15) is 22.4 Å². The molecule has 0 aliphatic heterocycles. The molecule has 3 aromatic carbocycles. The zero-order chi connectivity index (χ0) is 23.1. The Morgan fingerprint density at radius 1 is 0.848 bits per heavy atom. The van der Waals surface area contributed by atoms with E-state index in [1.54, 1.807) is 5.38 Å². The maximum Gasteiger partial charge on any atom is 0.362 e. The molecule has 0 amide bonds. The van der Waals surface area contributed by atoms with Crippen LogP contribution in [0.5, 0.6) is 0 Å². The molecule has 0 spiro atoms. The molecule has 0 aliphatic carbocycles. The lowest BCUT2D eigenvalue weighted by Crippen LogP contribution is -2.38. The van der Waals surface area contributed by atoms with Crippen molar-refractivity contribution >= 4 is 28.1 Å². The Labute approximate surface area is 196 Å². The Hall–Kier alpha value is -3.97. The van der Waals surface area contributed by atoms with Crippen LogP contribution in [0.2, 0.25) is 0 Å². The monoisotopic (exact) mass is 457 g/mol. The summed E-state index contributed by atoms with van der Waals surface area (Å²) in [6.07, 6.45) is 0. The largest absolute Gasteiger partial charge is 0.464 e. The number of hydrogen-bond acceptors (Lipinski definition) is 7. The molecule has 0 atom stereocenters. The fraction of sp³-hybridized carbons (Fsp3) is 0.115. The van der Waals surface area contributed by atoms with Gasteiger partial charge in [0.05, 0.1) is 7.11 Å². The quantitative estimate of drug-likeness (QED) is 0.173. The number of thiazole rings is 1. The van der Waals surface area contributed by atoms with Crippen molar-refractivity contribution in [3.63, 3.8) is 0 Å². The first-order valence-electron chi connectivity index (χ1n) is 10.3. The van der Waals surface area contributed by atoms with E-state index in [4.69, 9.17) is 9.57 Å². The minimum Gasteiger partial charge on any atom is -0.464 e. The molecular weight excluding hydrogens is 434 g/mol. The van der Waals surface area contributed by atoms with E-state index in [-0.39, 0.29) is 5.71 Å². The number of rotatable bonds is 8. The second-order valence-corrected chi connectivity index (χ2v) is 7.98. The highest BCUT2D eigenvalue weighted by Gasteiger charge is 2.37. The number of aromatic nitrogens is 1. The molecule has 0 saturated carbocycles. The van der Waals surface area contributed by atoms with Crippen molar-refractivity contribution < 1.29 is 14.4 Å². The van der Waals surface area contributed by atoms with E-state index in [1.165, 1.54) is 25.6 Å². The lowest BCUT2D eigenvalue weighted by atomic mass is 9.77. The molecule has 1 N–H and O–H groups in total. The highest BCUT2D eigenvalue weighted by atomic mass is 32.1. The highest BCUT2D eigenvalue weighted by molar-refractivity contribution is 7.14. The van der Waals surface area contributed by atoms with Gasteiger partial charge in [-0.1, -0.05) is 96.2 Å². The van der Waals surface area contributed by atoms with Crippen molar-refractivity contribution in [2.24, 2.45) is 5.16 Å². The molecule has 1 heterocycles. The highest BCUT2D eigenvalue weighted by Crippen LogP contribution is 2.40. The normalized spacial score (nSPS) is 11.6. The predicted octanol–water partition coefficient (Wildman–Crippen LogP) is 5.07. The van der Waals surface area contributed by atoms with Gasteiger partial charge in [-0.15, -0.1) is 11.3 Å². The summed E-state index contributed by atoms with van der Waals surface area (Å²) in [6, 6.07) is 30.6. The molecule has 166 valence electrons. The molecule has 0 unspecified atom stereocenters. The third-order valence-electron chi connectivity index (χ3n) is 5.22. The number of methoxy groups -OCH3 is 1. The Balaban J connectivity index is 1.88.